The number of nitrogens with zero attached hydrogens (tertiary/aromatic N) is 3. The van der Waals surface area contributed by atoms with Gasteiger partial charge >= 0.3 is 12.2 Å². The van der Waals surface area contributed by atoms with E-state index in [1.165, 1.54) is 4.90 Å². The van der Waals surface area contributed by atoms with Gasteiger partial charge in [-0.05, 0) is 25.0 Å². The van der Waals surface area contributed by atoms with E-state index in [-0.39, 0.29) is 29.2 Å². The number of likely N-dealkylation sites (tertiary alicyclic amines) is 1. The molecule has 2 saturated heterocycles. The third-order valence-electron chi connectivity index (χ3n) is 5.46. The van der Waals surface area contributed by atoms with Crippen molar-refractivity contribution in [3.63, 3.8) is 0 Å². The molecule has 164 valence electrons. The van der Waals surface area contributed by atoms with Gasteiger partial charge in [-0.3, -0.25) is 19.3 Å². The summed E-state index contributed by atoms with van der Waals surface area (Å²) in [5.41, 5.74) is -0.0508. The van der Waals surface area contributed by atoms with Crippen LogP contribution in [0.3, 0.4) is 0 Å². The van der Waals surface area contributed by atoms with Gasteiger partial charge in [0.25, 0.3) is 11.8 Å². The van der Waals surface area contributed by atoms with Gasteiger partial charge in [0.2, 0.25) is 0 Å². The first-order valence-corrected chi connectivity index (χ1v) is 9.64. The summed E-state index contributed by atoms with van der Waals surface area (Å²) in [5.74, 6) is -1.48. The monoisotopic (exact) mass is 437 g/mol. The molecule has 3 heterocycles. The van der Waals surface area contributed by atoms with E-state index in [1.807, 2.05) is 0 Å². The fraction of sp³-hybridized carbons (Fsp3) is 0.400. The third kappa shape index (κ3) is 4.12. The van der Waals surface area contributed by atoms with Crippen LogP contribution < -0.4 is 5.43 Å². The number of piperidine rings is 1. The minimum Gasteiger partial charge on any atom is -0.451 e. The molecule has 8 nitrogen and oxygen atoms in total. The van der Waals surface area contributed by atoms with E-state index in [0.717, 1.165) is 11.0 Å². The summed E-state index contributed by atoms with van der Waals surface area (Å²) in [6.45, 7) is -1.61. The van der Waals surface area contributed by atoms with Gasteiger partial charge in [-0.25, -0.2) is 4.79 Å². The van der Waals surface area contributed by atoms with Crippen molar-refractivity contribution in [2.75, 3.05) is 26.2 Å². The van der Waals surface area contributed by atoms with Crippen LogP contribution in [0.5, 0.6) is 0 Å². The van der Waals surface area contributed by atoms with Crippen LogP contribution in [0.1, 0.15) is 23.4 Å². The molecule has 31 heavy (non-hydrogen) atoms. The number of urea groups is 1. The van der Waals surface area contributed by atoms with Gasteiger partial charge in [0.15, 0.2) is 11.2 Å². The van der Waals surface area contributed by atoms with E-state index in [0.29, 0.717) is 23.8 Å². The lowest BCUT2D eigenvalue weighted by molar-refractivity contribution is -0.151. The van der Waals surface area contributed by atoms with Crippen molar-refractivity contribution in [2.24, 2.45) is 0 Å². The molecule has 2 aliphatic rings. The lowest BCUT2D eigenvalue weighted by Gasteiger charge is -2.35. The first-order valence-electron chi connectivity index (χ1n) is 9.64. The second kappa shape index (κ2) is 7.71. The number of hydrogen-bond acceptors (Lipinski definition) is 5. The molecule has 0 atom stereocenters. The van der Waals surface area contributed by atoms with Gasteiger partial charge < -0.3 is 14.2 Å². The SMILES string of the molecule is O=C(c1cc(=O)c2ccccc2o1)N1CCC(N2CC(=O)N(CC(F)(F)F)C2=O)CC1. The van der Waals surface area contributed by atoms with Crippen LogP contribution in [0, 0.1) is 0 Å². The van der Waals surface area contributed by atoms with Gasteiger partial charge in [0.1, 0.15) is 18.7 Å². The van der Waals surface area contributed by atoms with Crippen molar-refractivity contribution in [3.05, 3.63) is 46.3 Å². The standard InChI is InChI=1S/C20H18F3N3O5/c21-20(22,23)11-26-17(28)10-25(19(26)30)12-5-7-24(8-6-12)18(29)16-9-14(27)13-3-1-2-4-15(13)31-16/h1-4,9,12H,5-8,10-11H2. The maximum absolute atomic E-state index is 12.8. The highest BCUT2D eigenvalue weighted by atomic mass is 19.4. The molecule has 4 amide bonds. The van der Waals surface area contributed by atoms with Gasteiger partial charge in [-0.15, -0.1) is 0 Å². The van der Waals surface area contributed by atoms with Gasteiger partial charge in [0.05, 0.1) is 5.39 Å². The minimum atomic E-state index is -4.67. The summed E-state index contributed by atoms with van der Waals surface area (Å²) in [6.07, 6.45) is -4.08. The fourth-order valence-electron chi connectivity index (χ4n) is 3.93. The average molecular weight is 437 g/mol. The predicted molar refractivity (Wildman–Crippen MR) is 101 cm³/mol. The quantitative estimate of drug-likeness (QED) is 0.687. The number of alkyl halides is 3. The van der Waals surface area contributed by atoms with Crippen molar-refractivity contribution in [1.29, 1.82) is 0 Å². The Morgan fingerprint density at radius 2 is 1.77 bits per heavy atom. The Kier molecular flexibility index (Phi) is 5.19. The lowest BCUT2D eigenvalue weighted by atomic mass is 10.0. The Morgan fingerprint density at radius 3 is 2.45 bits per heavy atom. The Hall–Kier alpha value is -3.37. The van der Waals surface area contributed by atoms with Crippen molar-refractivity contribution in [2.45, 2.75) is 25.1 Å². The number of carbonyl (C=O) groups is 3. The van der Waals surface area contributed by atoms with Crippen molar-refractivity contribution >= 4 is 28.8 Å². The average Bonchev–Trinajstić information content (AvgIpc) is 3.00. The molecule has 1 aromatic heterocycles. The summed E-state index contributed by atoms with van der Waals surface area (Å²) >= 11 is 0. The number of fused-ring (bicyclic) bond motifs is 1. The van der Waals surface area contributed by atoms with Crippen LogP contribution >= 0.6 is 0 Å². The molecule has 2 fully saturated rings. The van der Waals surface area contributed by atoms with Crippen molar-refractivity contribution < 1.29 is 32.0 Å². The Labute approximate surface area is 173 Å². The highest BCUT2D eigenvalue weighted by Gasteiger charge is 2.45. The topological polar surface area (TPSA) is 91.1 Å². The molecule has 2 aliphatic heterocycles. The van der Waals surface area contributed by atoms with Crippen LogP contribution in [0.4, 0.5) is 18.0 Å². The number of amides is 4. The van der Waals surface area contributed by atoms with E-state index in [9.17, 15) is 32.3 Å². The van der Waals surface area contributed by atoms with Crippen LogP contribution in [0.2, 0.25) is 0 Å². The summed E-state index contributed by atoms with van der Waals surface area (Å²) < 4.78 is 43.4. The number of imide groups is 1. The Balaban J connectivity index is 1.42. The maximum Gasteiger partial charge on any atom is 0.406 e. The first kappa shape index (κ1) is 20.9. The molecule has 0 spiro atoms. The summed E-state index contributed by atoms with van der Waals surface area (Å²) in [6, 6.07) is 6.26. The zero-order valence-corrected chi connectivity index (χ0v) is 16.2. The van der Waals surface area contributed by atoms with E-state index in [4.69, 9.17) is 4.42 Å². The van der Waals surface area contributed by atoms with Crippen molar-refractivity contribution in [1.82, 2.24) is 14.7 Å². The molecular weight excluding hydrogens is 419 g/mol. The second-order valence-corrected chi connectivity index (χ2v) is 7.50. The van der Waals surface area contributed by atoms with Crippen LogP contribution in [-0.2, 0) is 4.79 Å². The molecule has 1 aromatic carbocycles. The smallest absolute Gasteiger partial charge is 0.406 e. The molecular formula is C20H18F3N3O5. The van der Waals surface area contributed by atoms with Crippen LogP contribution in [0.25, 0.3) is 11.0 Å². The van der Waals surface area contributed by atoms with Crippen LogP contribution in [-0.4, -0.2) is 70.9 Å². The molecule has 0 radical (unpaired) electrons. The lowest BCUT2D eigenvalue weighted by Crippen LogP contribution is -2.48. The highest BCUT2D eigenvalue weighted by molar-refractivity contribution is 6.02. The number of hydrogen-bond donors (Lipinski definition) is 0. The molecule has 2 aromatic rings. The normalized spacial score (nSPS) is 18.4. The summed E-state index contributed by atoms with van der Waals surface area (Å²) in [4.78, 5) is 52.0. The molecule has 0 aliphatic carbocycles. The summed E-state index contributed by atoms with van der Waals surface area (Å²) in [7, 11) is 0. The maximum atomic E-state index is 12.8. The molecule has 0 unspecified atom stereocenters. The Morgan fingerprint density at radius 1 is 1.10 bits per heavy atom. The summed E-state index contributed by atoms with van der Waals surface area (Å²) in [5, 5.41) is 0.360. The van der Waals surface area contributed by atoms with E-state index < -0.39 is 43.2 Å². The number of rotatable bonds is 3. The Bertz CT molecular complexity index is 1110. The predicted octanol–water partition coefficient (Wildman–Crippen LogP) is 2.22. The molecule has 0 bridgehead atoms. The van der Waals surface area contributed by atoms with Gasteiger partial charge in [-0.2, -0.15) is 13.2 Å². The molecule has 11 heteroatoms. The zero-order valence-electron chi connectivity index (χ0n) is 16.2. The van der Waals surface area contributed by atoms with Gasteiger partial charge in [0, 0.05) is 25.2 Å². The van der Waals surface area contributed by atoms with E-state index in [1.54, 1.807) is 24.3 Å². The minimum absolute atomic E-state index is 0.106. The van der Waals surface area contributed by atoms with Crippen LogP contribution in [0.15, 0.2) is 39.5 Å². The number of carbonyl (C=O) groups excluding carboxylic acids is 3. The third-order valence-corrected chi connectivity index (χ3v) is 5.46. The second-order valence-electron chi connectivity index (χ2n) is 7.50. The van der Waals surface area contributed by atoms with Crippen molar-refractivity contribution in [3.8, 4) is 0 Å². The molecule has 0 N–H and O–H groups in total. The molecule has 0 saturated carbocycles. The molecule has 4 rings (SSSR count). The highest BCUT2D eigenvalue weighted by Crippen LogP contribution is 2.26. The number of para-hydroxylation sites is 1. The number of benzene rings is 1. The largest absolute Gasteiger partial charge is 0.451 e. The van der Waals surface area contributed by atoms with E-state index >= 15 is 0 Å². The van der Waals surface area contributed by atoms with Gasteiger partial charge in [-0.1, -0.05) is 12.1 Å². The fourth-order valence-corrected chi connectivity index (χ4v) is 3.93. The van der Waals surface area contributed by atoms with E-state index in [2.05, 4.69) is 0 Å². The zero-order chi connectivity index (χ0) is 22.3. The first-order chi connectivity index (χ1) is 14.6. The number of halogens is 3.